The van der Waals surface area contributed by atoms with Crippen LogP contribution in [0.15, 0.2) is 21.4 Å². The maximum atomic E-state index is 11.9. The number of nitrogens with two attached hydrogens (primary N) is 1. The average Bonchev–Trinajstić information content (AvgIpc) is 3.80. The van der Waals surface area contributed by atoms with Gasteiger partial charge in [0.1, 0.15) is 17.1 Å². The topological polar surface area (TPSA) is 192 Å². The van der Waals surface area contributed by atoms with Crippen LogP contribution in [-0.4, -0.2) is 66.1 Å². The number of aryl methyl sites for hydroxylation is 4. The van der Waals surface area contributed by atoms with Crippen LogP contribution in [0.1, 0.15) is 82.2 Å². The van der Waals surface area contributed by atoms with Crippen molar-refractivity contribution in [1.29, 1.82) is 0 Å². The molecule has 0 radical (unpaired) electrons. The minimum Gasteiger partial charge on any atom is -0.444 e. The minimum absolute atomic E-state index is 0. The van der Waals surface area contributed by atoms with Crippen LogP contribution < -0.4 is 21.7 Å². The second-order valence-corrected chi connectivity index (χ2v) is 14.4. The van der Waals surface area contributed by atoms with E-state index in [0.29, 0.717) is 50.9 Å². The Hall–Kier alpha value is -3.72. The highest BCUT2D eigenvalue weighted by Gasteiger charge is 2.29. The predicted octanol–water partition coefficient (Wildman–Crippen LogP) is 7.37. The van der Waals surface area contributed by atoms with Crippen molar-refractivity contribution >= 4 is 53.6 Å². The Kier molecular flexibility index (Phi) is 12.9. The molecule has 4 aromatic heterocycles. The number of hydrogen-bond donors (Lipinski definition) is 4. The monoisotopic (exact) mass is 750 g/mol. The van der Waals surface area contributed by atoms with Crippen LogP contribution in [0.25, 0.3) is 22.5 Å². The summed E-state index contributed by atoms with van der Waals surface area (Å²) >= 11 is 12.5. The predicted molar refractivity (Wildman–Crippen MR) is 195 cm³/mol. The van der Waals surface area contributed by atoms with Gasteiger partial charge in [0.15, 0.2) is 0 Å². The van der Waals surface area contributed by atoms with Gasteiger partial charge in [-0.05, 0) is 87.0 Å². The van der Waals surface area contributed by atoms with Crippen LogP contribution in [0.5, 0.6) is 0 Å². The number of anilines is 2. The van der Waals surface area contributed by atoms with Gasteiger partial charge >= 0.3 is 6.09 Å². The molecule has 17 heteroatoms. The van der Waals surface area contributed by atoms with Crippen molar-refractivity contribution in [2.24, 2.45) is 5.73 Å². The van der Waals surface area contributed by atoms with Crippen LogP contribution >= 0.6 is 35.6 Å². The summed E-state index contributed by atoms with van der Waals surface area (Å²) in [6.45, 7) is 12.9. The van der Waals surface area contributed by atoms with Crippen molar-refractivity contribution < 1.29 is 18.6 Å². The molecule has 5 N–H and O–H groups in total. The van der Waals surface area contributed by atoms with Gasteiger partial charge in [0.2, 0.25) is 11.9 Å². The number of carbonyl (C=O) groups is 1. The van der Waals surface area contributed by atoms with Crippen LogP contribution in [0, 0.1) is 27.7 Å². The van der Waals surface area contributed by atoms with Crippen LogP contribution in [0.4, 0.5) is 16.7 Å². The average molecular weight is 752 g/mol. The summed E-state index contributed by atoms with van der Waals surface area (Å²) < 4.78 is 15.7. The quantitative estimate of drug-likeness (QED) is 0.146. The molecular formula is C33H45Cl3N10O4. The second-order valence-electron chi connectivity index (χ2n) is 13.6. The highest BCUT2D eigenvalue weighted by Crippen LogP contribution is 2.33. The summed E-state index contributed by atoms with van der Waals surface area (Å²) in [6, 6.07) is 0.788. The molecule has 2 saturated carbocycles. The summed E-state index contributed by atoms with van der Waals surface area (Å²) in [4.78, 5) is 29.6. The number of rotatable bonds is 7. The number of nitrogens with one attached hydrogen (secondary N) is 3. The third kappa shape index (κ3) is 9.95. The molecule has 2 fully saturated rings. The van der Waals surface area contributed by atoms with Crippen molar-refractivity contribution in [3.05, 3.63) is 45.3 Å². The van der Waals surface area contributed by atoms with Gasteiger partial charge in [0.05, 0.1) is 56.3 Å². The number of amides is 1. The summed E-state index contributed by atoms with van der Waals surface area (Å²) in [6.07, 6.45) is 8.32. The fraction of sp³-hybridized carbons (Fsp3) is 0.545. The van der Waals surface area contributed by atoms with Gasteiger partial charge in [-0.3, -0.25) is 0 Å². The normalized spacial score (nSPS) is 20.0. The van der Waals surface area contributed by atoms with E-state index in [1.165, 1.54) is 0 Å². The first-order valence-electron chi connectivity index (χ1n) is 16.4. The van der Waals surface area contributed by atoms with E-state index in [1.54, 1.807) is 12.4 Å². The highest BCUT2D eigenvalue weighted by atomic mass is 35.5. The number of alkyl carbamates (subject to hydrolysis) is 1. The molecule has 2 unspecified atom stereocenters. The lowest BCUT2D eigenvalue weighted by atomic mass is 10.1. The molecule has 14 nitrogen and oxygen atoms in total. The van der Waals surface area contributed by atoms with E-state index in [4.69, 9.17) is 42.7 Å². The summed E-state index contributed by atoms with van der Waals surface area (Å²) in [7, 11) is 0. The van der Waals surface area contributed by atoms with Crippen molar-refractivity contribution in [2.75, 3.05) is 10.6 Å². The van der Waals surface area contributed by atoms with Crippen LogP contribution in [0.3, 0.4) is 0 Å². The highest BCUT2D eigenvalue weighted by molar-refractivity contribution is 6.33. The van der Waals surface area contributed by atoms with E-state index in [1.807, 2.05) is 48.5 Å². The Bertz CT molecular complexity index is 1740. The minimum atomic E-state index is -0.508. The van der Waals surface area contributed by atoms with Gasteiger partial charge in [0, 0.05) is 24.2 Å². The molecule has 2 aliphatic rings. The molecule has 2 aliphatic carbocycles. The molecule has 272 valence electrons. The van der Waals surface area contributed by atoms with Crippen LogP contribution in [-0.2, 0) is 4.74 Å². The third-order valence-electron chi connectivity index (χ3n) is 8.32. The van der Waals surface area contributed by atoms with Gasteiger partial charge < -0.3 is 35.5 Å². The molecule has 50 heavy (non-hydrogen) atoms. The molecule has 4 aromatic rings. The number of nitrogens with zero attached hydrogens (tertiary/aromatic N) is 6. The molecule has 4 atom stereocenters. The molecule has 1 amide bonds. The first kappa shape index (κ1) is 39.1. The number of hydrogen-bond acceptors (Lipinski definition) is 13. The maximum Gasteiger partial charge on any atom is 0.407 e. The zero-order chi connectivity index (χ0) is 35.5. The van der Waals surface area contributed by atoms with E-state index in [-0.39, 0.29) is 36.6 Å². The van der Waals surface area contributed by atoms with E-state index < -0.39 is 5.60 Å². The van der Waals surface area contributed by atoms with Gasteiger partial charge in [-0.15, -0.1) is 12.4 Å². The fourth-order valence-electron chi connectivity index (χ4n) is 6.10. The molecule has 0 aromatic carbocycles. The molecule has 0 saturated heterocycles. The lowest BCUT2D eigenvalue weighted by Gasteiger charge is -2.21. The lowest BCUT2D eigenvalue weighted by Crippen LogP contribution is -2.38. The summed E-state index contributed by atoms with van der Waals surface area (Å²) in [5, 5.41) is 18.4. The number of carbonyl (C=O) groups excluding carboxylic acids is 1. The van der Waals surface area contributed by atoms with E-state index in [2.05, 4.69) is 46.2 Å². The largest absolute Gasteiger partial charge is 0.444 e. The first-order valence-corrected chi connectivity index (χ1v) is 17.1. The standard InChI is InChI=1S/C19H26ClN5O3.C14H18ClN5O.ClH/c1-10-15(11(2)28-25-10)16-14(20)9-21-17(24-16)22-12-6-7-13(8-12)23-18(26)27-19(3,4)5;1-7-12(8(2)21-20-7)13-11(15)6-17-14(19-13)18-10-4-3-9(16)5-10;/h9,12-13H,6-8H2,1-5H3,(H,23,26)(H,21,22,24);6,9-10H,3-5,16H2,1-2H3,(H,17,18,19);1H/t12?,13-;9-,10?;/m11./s1. The van der Waals surface area contributed by atoms with Crippen molar-refractivity contribution in [3.8, 4) is 22.5 Å². The molecule has 4 heterocycles. The zero-order valence-electron chi connectivity index (χ0n) is 29.3. The van der Waals surface area contributed by atoms with Crippen LogP contribution in [0.2, 0.25) is 10.0 Å². The summed E-state index contributed by atoms with van der Waals surface area (Å²) in [5.74, 6) is 2.41. The SMILES string of the molecule is Cc1noc(C)c1-c1nc(NC2CC[C@@H](N)C2)ncc1Cl.Cc1noc(C)c1-c1nc(NC2CC[C@@H](NC(=O)OC(C)(C)C)C2)ncc1Cl.Cl. The number of halogens is 3. The molecule has 0 aliphatic heterocycles. The Morgan fingerprint density at radius 2 is 1.26 bits per heavy atom. The number of aromatic nitrogens is 6. The van der Waals surface area contributed by atoms with Crippen molar-refractivity contribution in [3.63, 3.8) is 0 Å². The first-order chi connectivity index (χ1) is 23.2. The van der Waals surface area contributed by atoms with Gasteiger partial charge in [-0.1, -0.05) is 33.5 Å². The Labute approximate surface area is 307 Å². The van der Waals surface area contributed by atoms with Crippen molar-refractivity contribution in [2.45, 2.75) is 117 Å². The molecule has 0 bridgehead atoms. The smallest absolute Gasteiger partial charge is 0.407 e. The van der Waals surface area contributed by atoms with E-state index >= 15 is 0 Å². The van der Waals surface area contributed by atoms with Gasteiger partial charge in [-0.25, -0.2) is 24.7 Å². The lowest BCUT2D eigenvalue weighted by molar-refractivity contribution is 0.0505. The van der Waals surface area contributed by atoms with Crippen molar-refractivity contribution in [1.82, 2.24) is 35.6 Å². The Morgan fingerprint density at radius 3 is 1.68 bits per heavy atom. The molecule has 0 spiro atoms. The zero-order valence-corrected chi connectivity index (χ0v) is 31.6. The fourth-order valence-corrected chi connectivity index (χ4v) is 6.47. The maximum absolute atomic E-state index is 11.9. The Morgan fingerprint density at radius 1 is 0.800 bits per heavy atom. The van der Waals surface area contributed by atoms with Gasteiger partial charge in [0.25, 0.3) is 0 Å². The van der Waals surface area contributed by atoms with E-state index in [0.717, 1.165) is 61.0 Å². The molecular weight excluding hydrogens is 707 g/mol. The second kappa shape index (κ2) is 16.5. The van der Waals surface area contributed by atoms with Gasteiger partial charge in [-0.2, -0.15) is 0 Å². The van der Waals surface area contributed by atoms with E-state index in [9.17, 15) is 4.79 Å². The molecule has 6 rings (SSSR count). The number of ether oxygens (including phenoxy) is 1. The summed E-state index contributed by atoms with van der Waals surface area (Å²) in [5.41, 5.74) is 9.76. The third-order valence-corrected chi connectivity index (χ3v) is 8.87. The Balaban J connectivity index is 0.000000229.